The minimum absolute atomic E-state index is 0.427. The predicted octanol–water partition coefficient (Wildman–Crippen LogP) is 3.40. The Morgan fingerprint density at radius 3 is 3.16 bits per heavy atom. The summed E-state index contributed by atoms with van der Waals surface area (Å²) >= 11 is 0. The normalized spacial score (nSPS) is 16.8. The van der Waals surface area contributed by atoms with E-state index in [1.807, 2.05) is 42.3 Å². The van der Waals surface area contributed by atoms with E-state index in [1.165, 1.54) is 24.1 Å². The second-order valence-corrected chi connectivity index (χ2v) is 6.60. The third-order valence-electron chi connectivity index (χ3n) is 4.94. The fourth-order valence-electron chi connectivity index (χ4n) is 3.64. The maximum Gasteiger partial charge on any atom is 0.145 e. The van der Waals surface area contributed by atoms with E-state index in [1.54, 1.807) is 0 Å². The molecule has 2 aromatic heterocycles. The van der Waals surface area contributed by atoms with Crippen molar-refractivity contribution < 1.29 is 4.74 Å². The minimum Gasteiger partial charge on any atom is -0.491 e. The fourth-order valence-corrected chi connectivity index (χ4v) is 3.64. The summed E-state index contributed by atoms with van der Waals surface area (Å²) in [5.74, 6) is 0.866. The van der Waals surface area contributed by atoms with Gasteiger partial charge in [-0.15, -0.1) is 0 Å². The van der Waals surface area contributed by atoms with Crippen molar-refractivity contribution in [2.45, 2.75) is 31.7 Å². The molecule has 5 nitrogen and oxygen atoms in total. The highest BCUT2D eigenvalue weighted by atomic mass is 16.5. The molecule has 0 unspecified atom stereocenters. The van der Waals surface area contributed by atoms with Gasteiger partial charge in [-0.2, -0.15) is 5.10 Å². The number of fused-ring (bicyclic) bond motifs is 2. The summed E-state index contributed by atoms with van der Waals surface area (Å²) < 4.78 is 7.98. The first-order valence-corrected chi connectivity index (χ1v) is 9.03. The lowest BCUT2D eigenvalue weighted by Crippen LogP contribution is -2.27. The Bertz CT molecular complexity index is 853. The topological polar surface area (TPSA) is 52.0 Å². The van der Waals surface area contributed by atoms with Gasteiger partial charge in [0.2, 0.25) is 0 Å². The van der Waals surface area contributed by atoms with Gasteiger partial charge in [0.15, 0.2) is 0 Å². The van der Waals surface area contributed by atoms with Crippen LogP contribution in [0.4, 0.5) is 0 Å². The van der Waals surface area contributed by atoms with E-state index in [0.29, 0.717) is 12.6 Å². The van der Waals surface area contributed by atoms with Crippen LogP contribution < -0.4 is 10.1 Å². The van der Waals surface area contributed by atoms with Crippen LogP contribution in [0.15, 0.2) is 42.7 Å². The molecule has 3 aromatic rings. The zero-order valence-corrected chi connectivity index (χ0v) is 14.6. The van der Waals surface area contributed by atoms with Crippen LogP contribution in [-0.2, 0) is 13.5 Å². The highest BCUT2D eigenvalue weighted by Crippen LogP contribution is 2.29. The average molecular weight is 336 g/mol. The van der Waals surface area contributed by atoms with Crippen LogP contribution >= 0.6 is 0 Å². The number of pyridine rings is 1. The van der Waals surface area contributed by atoms with Gasteiger partial charge in [0.05, 0.1) is 12.8 Å². The maximum absolute atomic E-state index is 5.96. The number of aryl methyl sites for hydroxylation is 1. The van der Waals surface area contributed by atoms with Crippen LogP contribution in [0.3, 0.4) is 0 Å². The molecule has 1 aliphatic rings. The number of para-hydroxylation sites is 1. The molecule has 0 aliphatic heterocycles. The van der Waals surface area contributed by atoms with Crippen molar-refractivity contribution in [3.63, 3.8) is 0 Å². The first kappa shape index (κ1) is 16.1. The van der Waals surface area contributed by atoms with E-state index < -0.39 is 0 Å². The molecule has 1 aromatic carbocycles. The highest BCUT2D eigenvalue weighted by molar-refractivity contribution is 5.84. The molecule has 0 amide bonds. The van der Waals surface area contributed by atoms with E-state index in [-0.39, 0.29) is 0 Å². The molecule has 1 N–H and O–H groups in total. The van der Waals surface area contributed by atoms with E-state index >= 15 is 0 Å². The van der Waals surface area contributed by atoms with Crippen molar-refractivity contribution in [3.05, 3.63) is 54.0 Å². The van der Waals surface area contributed by atoms with Gasteiger partial charge in [-0.25, -0.2) is 0 Å². The molecule has 25 heavy (non-hydrogen) atoms. The summed E-state index contributed by atoms with van der Waals surface area (Å²) in [6.45, 7) is 1.63. The lowest BCUT2D eigenvalue weighted by Gasteiger charge is -2.24. The van der Waals surface area contributed by atoms with Crippen molar-refractivity contribution >= 4 is 10.9 Å². The van der Waals surface area contributed by atoms with E-state index in [2.05, 4.69) is 27.5 Å². The summed E-state index contributed by atoms with van der Waals surface area (Å²) in [6, 6.07) is 10.5. The van der Waals surface area contributed by atoms with E-state index in [4.69, 9.17) is 4.74 Å². The lowest BCUT2D eigenvalue weighted by atomic mass is 9.93. The Morgan fingerprint density at radius 2 is 2.20 bits per heavy atom. The lowest BCUT2D eigenvalue weighted by molar-refractivity contribution is 0.305. The van der Waals surface area contributed by atoms with Crippen molar-refractivity contribution in [1.29, 1.82) is 0 Å². The first-order chi connectivity index (χ1) is 12.3. The van der Waals surface area contributed by atoms with Gasteiger partial charge in [-0.05, 0) is 44.4 Å². The molecule has 1 atom stereocenters. The van der Waals surface area contributed by atoms with Crippen LogP contribution in [0, 0.1) is 0 Å². The molecule has 0 bridgehead atoms. The molecule has 2 heterocycles. The molecule has 5 heteroatoms. The average Bonchev–Trinajstić information content (AvgIpc) is 3.03. The number of nitrogens with zero attached hydrogens (tertiary/aromatic N) is 3. The molecular weight excluding hydrogens is 312 g/mol. The van der Waals surface area contributed by atoms with E-state index in [0.717, 1.165) is 36.0 Å². The van der Waals surface area contributed by atoms with Crippen LogP contribution in [0.25, 0.3) is 10.9 Å². The van der Waals surface area contributed by atoms with Crippen molar-refractivity contribution in [2.24, 2.45) is 7.05 Å². The third kappa shape index (κ3) is 3.37. The van der Waals surface area contributed by atoms with Gasteiger partial charge in [-0.3, -0.25) is 9.67 Å². The largest absolute Gasteiger partial charge is 0.491 e. The molecule has 1 aliphatic carbocycles. The summed E-state index contributed by atoms with van der Waals surface area (Å²) in [4.78, 5) is 4.43. The van der Waals surface area contributed by atoms with Crippen molar-refractivity contribution in [3.8, 4) is 5.75 Å². The molecule has 0 fully saturated rings. The monoisotopic (exact) mass is 336 g/mol. The van der Waals surface area contributed by atoms with Crippen LogP contribution in [-0.4, -0.2) is 27.9 Å². The standard InChI is InChI=1S/C20H24N4O/c1-24-18-9-3-8-17(16(18)14-23-24)21-12-5-13-25-19-10-2-6-15-7-4-11-22-20(15)19/h2,4,6-7,10-11,14,17,21H,3,5,8-9,12-13H2,1H3/t17-/m1/s1. The highest BCUT2D eigenvalue weighted by Gasteiger charge is 2.22. The summed E-state index contributed by atoms with van der Waals surface area (Å²) in [5, 5.41) is 9.19. The molecule has 0 saturated heterocycles. The fraction of sp³-hybridized carbons (Fsp3) is 0.400. The van der Waals surface area contributed by atoms with Gasteiger partial charge in [0.1, 0.15) is 11.3 Å². The van der Waals surface area contributed by atoms with Gasteiger partial charge in [-0.1, -0.05) is 18.2 Å². The number of hydrogen-bond acceptors (Lipinski definition) is 4. The minimum atomic E-state index is 0.427. The molecule has 4 rings (SSSR count). The van der Waals surface area contributed by atoms with Crippen LogP contribution in [0.5, 0.6) is 5.75 Å². The summed E-state index contributed by atoms with van der Waals surface area (Å²) in [5.41, 5.74) is 3.68. The number of hydrogen-bond donors (Lipinski definition) is 1. The Labute approximate surface area is 148 Å². The molecule has 0 spiro atoms. The number of benzene rings is 1. The second kappa shape index (κ2) is 7.23. The molecular formula is C20H24N4O. The Morgan fingerprint density at radius 1 is 1.28 bits per heavy atom. The molecule has 0 radical (unpaired) electrons. The number of nitrogens with one attached hydrogen (secondary N) is 1. The zero-order chi connectivity index (χ0) is 17.1. The number of rotatable bonds is 6. The molecule has 0 saturated carbocycles. The maximum atomic E-state index is 5.96. The Kier molecular flexibility index (Phi) is 4.65. The Balaban J connectivity index is 1.29. The van der Waals surface area contributed by atoms with Crippen molar-refractivity contribution in [2.75, 3.05) is 13.2 Å². The smallest absolute Gasteiger partial charge is 0.145 e. The SMILES string of the molecule is Cn1ncc2c1CCC[C@H]2NCCCOc1cccc2cccnc12. The summed E-state index contributed by atoms with van der Waals surface area (Å²) in [7, 11) is 2.03. The van der Waals surface area contributed by atoms with Gasteiger partial charge in [0.25, 0.3) is 0 Å². The van der Waals surface area contributed by atoms with Gasteiger partial charge in [0, 0.05) is 35.9 Å². The third-order valence-corrected chi connectivity index (χ3v) is 4.94. The summed E-state index contributed by atoms with van der Waals surface area (Å²) in [6.07, 6.45) is 8.35. The van der Waals surface area contributed by atoms with Crippen molar-refractivity contribution in [1.82, 2.24) is 20.1 Å². The quantitative estimate of drug-likeness (QED) is 0.701. The second-order valence-electron chi connectivity index (χ2n) is 6.60. The Hall–Kier alpha value is -2.40. The van der Waals surface area contributed by atoms with Crippen LogP contribution in [0.1, 0.15) is 36.6 Å². The zero-order valence-electron chi connectivity index (χ0n) is 14.6. The molecule has 130 valence electrons. The number of ether oxygens (including phenoxy) is 1. The van der Waals surface area contributed by atoms with Crippen LogP contribution in [0.2, 0.25) is 0 Å². The first-order valence-electron chi connectivity index (χ1n) is 9.03. The number of aromatic nitrogens is 3. The predicted molar refractivity (Wildman–Crippen MR) is 98.7 cm³/mol. The van der Waals surface area contributed by atoms with Gasteiger partial charge < -0.3 is 10.1 Å². The van der Waals surface area contributed by atoms with Gasteiger partial charge >= 0.3 is 0 Å². The van der Waals surface area contributed by atoms with E-state index in [9.17, 15) is 0 Å².